The van der Waals surface area contributed by atoms with Crippen molar-refractivity contribution in [2.75, 3.05) is 17.2 Å². The molecular weight excluding hydrogens is 228 g/mol. The van der Waals surface area contributed by atoms with Crippen molar-refractivity contribution < 1.29 is 9.21 Å². The van der Waals surface area contributed by atoms with Crippen LogP contribution in [0.2, 0.25) is 0 Å². The van der Waals surface area contributed by atoms with Crippen molar-refractivity contribution in [2.24, 2.45) is 0 Å². The van der Waals surface area contributed by atoms with Gasteiger partial charge in [0.05, 0.1) is 17.6 Å². The fraction of sp³-hybridized carbons (Fsp3) is 0.214. The third kappa shape index (κ3) is 2.37. The number of hydrogen-bond donors (Lipinski definition) is 1. The van der Waals surface area contributed by atoms with Gasteiger partial charge in [-0.25, -0.2) is 0 Å². The zero-order valence-corrected chi connectivity index (χ0v) is 10.3. The second-order valence-corrected chi connectivity index (χ2v) is 3.99. The maximum absolute atomic E-state index is 12.3. The minimum Gasteiger partial charge on any atom is -0.459 e. The molecule has 1 amide bonds. The van der Waals surface area contributed by atoms with E-state index in [0.717, 1.165) is 12.1 Å². The lowest BCUT2D eigenvalue weighted by Gasteiger charge is -2.22. The van der Waals surface area contributed by atoms with Gasteiger partial charge in [-0.1, -0.05) is 19.1 Å². The molecule has 0 fully saturated rings. The second-order valence-electron chi connectivity index (χ2n) is 3.99. The predicted molar refractivity (Wildman–Crippen MR) is 71.5 cm³/mol. The predicted octanol–water partition coefficient (Wildman–Crippen LogP) is 2.92. The van der Waals surface area contributed by atoms with E-state index in [2.05, 4.69) is 0 Å². The molecule has 2 aromatic rings. The SMILES string of the molecule is CCCN(C(=O)c1ccco1)c1ccccc1N. The molecule has 0 spiro atoms. The molecule has 0 aliphatic heterocycles. The van der Waals surface area contributed by atoms with E-state index in [9.17, 15) is 4.79 Å². The summed E-state index contributed by atoms with van der Waals surface area (Å²) < 4.78 is 5.15. The van der Waals surface area contributed by atoms with Gasteiger partial charge in [0.15, 0.2) is 5.76 Å². The molecular formula is C14H16N2O2. The first-order valence-corrected chi connectivity index (χ1v) is 5.94. The number of amides is 1. The molecule has 0 bridgehead atoms. The van der Waals surface area contributed by atoms with Crippen LogP contribution in [0.4, 0.5) is 11.4 Å². The normalized spacial score (nSPS) is 10.3. The summed E-state index contributed by atoms with van der Waals surface area (Å²) in [7, 11) is 0. The summed E-state index contributed by atoms with van der Waals surface area (Å²) in [4.78, 5) is 14.0. The molecule has 18 heavy (non-hydrogen) atoms. The largest absolute Gasteiger partial charge is 0.459 e. The second kappa shape index (κ2) is 5.40. The molecule has 1 heterocycles. The van der Waals surface area contributed by atoms with Crippen molar-refractivity contribution >= 4 is 17.3 Å². The Hall–Kier alpha value is -2.23. The van der Waals surface area contributed by atoms with Crippen LogP contribution in [0.15, 0.2) is 47.1 Å². The molecule has 2 rings (SSSR count). The maximum atomic E-state index is 12.3. The topological polar surface area (TPSA) is 59.5 Å². The number of carbonyl (C=O) groups excluding carboxylic acids is 1. The van der Waals surface area contributed by atoms with Crippen LogP contribution in [-0.2, 0) is 0 Å². The van der Waals surface area contributed by atoms with Gasteiger partial charge < -0.3 is 15.1 Å². The zero-order valence-electron chi connectivity index (χ0n) is 10.3. The number of para-hydroxylation sites is 2. The quantitative estimate of drug-likeness (QED) is 0.841. The highest BCUT2D eigenvalue weighted by Crippen LogP contribution is 2.24. The molecule has 0 saturated carbocycles. The fourth-order valence-corrected chi connectivity index (χ4v) is 1.82. The molecule has 2 N–H and O–H groups in total. The molecule has 0 atom stereocenters. The Morgan fingerprint density at radius 1 is 1.28 bits per heavy atom. The van der Waals surface area contributed by atoms with Gasteiger partial charge in [-0.15, -0.1) is 0 Å². The van der Waals surface area contributed by atoms with Crippen LogP contribution in [0.3, 0.4) is 0 Å². The van der Waals surface area contributed by atoms with E-state index in [0.29, 0.717) is 18.0 Å². The summed E-state index contributed by atoms with van der Waals surface area (Å²) in [6.45, 7) is 2.62. The number of carbonyl (C=O) groups is 1. The van der Waals surface area contributed by atoms with Crippen molar-refractivity contribution in [3.8, 4) is 0 Å². The zero-order chi connectivity index (χ0) is 13.0. The van der Waals surface area contributed by atoms with E-state index in [-0.39, 0.29) is 5.91 Å². The van der Waals surface area contributed by atoms with Crippen LogP contribution < -0.4 is 10.6 Å². The van der Waals surface area contributed by atoms with Crippen LogP contribution in [-0.4, -0.2) is 12.5 Å². The number of anilines is 2. The molecule has 1 aromatic heterocycles. The van der Waals surface area contributed by atoms with E-state index >= 15 is 0 Å². The van der Waals surface area contributed by atoms with E-state index < -0.39 is 0 Å². The first-order chi connectivity index (χ1) is 8.74. The highest BCUT2D eigenvalue weighted by Gasteiger charge is 2.20. The summed E-state index contributed by atoms with van der Waals surface area (Å²) >= 11 is 0. The molecule has 94 valence electrons. The molecule has 0 aliphatic rings. The number of furan rings is 1. The summed E-state index contributed by atoms with van der Waals surface area (Å²) in [6, 6.07) is 10.7. The van der Waals surface area contributed by atoms with E-state index in [1.54, 1.807) is 23.1 Å². The van der Waals surface area contributed by atoms with Gasteiger partial charge in [0, 0.05) is 6.54 Å². The first kappa shape index (κ1) is 12.2. The van der Waals surface area contributed by atoms with Gasteiger partial charge in [-0.05, 0) is 30.7 Å². The van der Waals surface area contributed by atoms with E-state index in [1.165, 1.54) is 6.26 Å². The third-order valence-electron chi connectivity index (χ3n) is 2.65. The van der Waals surface area contributed by atoms with Crippen molar-refractivity contribution in [3.63, 3.8) is 0 Å². The highest BCUT2D eigenvalue weighted by molar-refractivity contribution is 6.05. The van der Waals surface area contributed by atoms with Crippen LogP contribution in [0.1, 0.15) is 23.9 Å². The fourth-order valence-electron chi connectivity index (χ4n) is 1.82. The van der Waals surface area contributed by atoms with Crippen LogP contribution in [0.25, 0.3) is 0 Å². The Labute approximate surface area is 106 Å². The van der Waals surface area contributed by atoms with Crippen molar-refractivity contribution in [2.45, 2.75) is 13.3 Å². The third-order valence-corrected chi connectivity index (χ3v) is 2.65. The lowest BCUT2D eigenvalue weighted by Crippen LogP contribution is -2.32. The molecule has 0 radical (unpaired) electrons. The van der Waals surface area contributed by atoms with Crippen LogP contribution in [0, 0.1) is 0 Å². The molecule has 4 heteroatoms. The van der Waals surface area contributed by atoms with Gasteiger partial charge in [0.1, 0.15) is 0 Å². The monoisotopic (exact) mass is 244 g/mol. The van der Waals surface area contributed by atoms with Crippen LogP contribution >= 0.6 is 0 Å². The van der Waals surface area contributed by atoms with Crippen molar-refractivity contribution in [3.05, 3.63) is 48.4 Å². The Kier molecular flexibility index (Phi) is 3.67. The number of benzene rings is 1. The molecule has 4 nitrogen and oxygen atoms in total. The average molecular weight is 244 g/mol. The average Bonchev–Trinajstić information content (AvgIpc) is 2.90. The number of hydrogen-bond acceptors (Lipinski definition) is 3. The molecule has 0 aliphatic carbocycles. The Balaban J connectivity index is 2.34. The molecule has 0 unspecified atom stereocenters. The van der Waals surface area contributed by atoms with E-state index in [1.807, 2.05) is 25.1 Å². The standard InChI is InChI=1S/C14H16N2O2/c1-2-9-16(12-7-4-3-6-11(12)15)14(17)13-8-5-10-18-13/h3-8,10H,2,9,15H2,1H3. The van der Waals surface area contributed by atoms with Gasteiger partial charge in [-0.3, -0.25) is 4.79 Å². The summed E-state index contributed by atoms with van der Waals surface area (Å²) in [5.74, 6) is 0.159. The van der Waals surface area contributed by atoms with Crippen LogP contribution in [0.5, 0.6) is 0 Å². The highest BCUT2D eigenvalue weighted by atomic mass is 16.3. The Bertz CT molecular complexity index is 520. The number of nitrogen functional groups attached to an aromatic ring is 1. The minimum atomic E-state index is -0.167. The molecule has 1 aromatic carbocycles. The van der Waals surface area contributed by atoms with Crippen molar-refractivity contribution in [1.29, 1.82) is 0 Å². The smallest absolute Gasteiger partial charge is 0.294 e. The van der Waals surface area contributed by atoms with Gasteiger partial charge >= 0.3 is 0 Å². The van der Waals surface area contributed by atoms with Gasteiger partial charge in [-0.2, -0.15) is 0 Å². The number of rotatable bonds is 4. The Morgan fingerprint density at radius 3 is 2.67 bits per heavy atom. The number of nitrogens with two attached hydrogens (primary N) is 1. The van der Waals surface area contributed by atoms with Gasteiger partial charge in [0.25, 0.3) is 5.91 Å². The lowest BCUT2D eigenvalue weighted by atomic mass is 10.2. The molecule has 0 saturated heterocycles. The summed E-state index contributed by atoms with van der Waals surface area (Å²) in [6.07, 6.45) is 2.34. The summed E-state index contributed by atoms with van der Waals surface area (Å²) in [5.41, 5.74) is 7.23. The summed E-state index contributed by atoms with van der Waals surface area (Å²) in [5, 5.41) is 0. The van der Waals surface area contributed by atoms with Gasteiger partial charge in [0.2, 0.25) is 0 Å². The lowest BCUT2D eigenvalue weighted by molar-refractivity contribution is 0.0960. The van der Waals surface area contributed by atoms with Crippen molar-refractivity contribution in [1.82, 2.24) is 0 Å². The van der Waals surface area contributed by atoms with E-state index in [4.69, 9.17) is 10.2 Å². The number of nitrogens with zero attached hydrogens (tertiary/aromatic N) is 1. The minimum absolute atomic E-state index is 0.167. The first-order valence-electron chi connectivity index (χ1n) is 5.94. The maximum Gasteiger partial charge on any atom is 0.294 e. The Morgan fingerprint density at radius 2 is 2.06 bits per heavy atom.